The molecule has 6 heterocycles. The van der Waals surface area contributed by atoms with E-state index in [1.165, 1.54) is 6.42 Å². The number of carbonyl (C=O) groups is 3. The van der Waals surface area contributed by atoms with Crippen molar-refractivity contribution in [2.75, 3.05) is 72.4 Å². The largest absolute Gasteiger partial charge is 0.365 e. The number of halogens is 1. The zero-order valence-corrected chi connectivity index (χ0v) is 33.5. The third-order valence-corrected chi connectivity index (χ3v) is 12.8. The SMILES string of the molecule is C[C@@H]1CN(c2ccc(C#N)c(Cl)c2)[C@@H](C)CN1C(=O)Nc1ccc(N2CCC(CCN3CCC(n4ccc5c(N6CCC(=O)NC6=O)cccc54)CC3)CC2)nc1. The highest BCUT2D eigenvalue weighted by atomic mass is 35.5. The number of hydrogen-bond acceptors (Lipinski definition) is 8. The summed E-state index contributed by atoms with van der Waals surface area (Å²) in [6, 6.07) is 19.8. The minimum atomic E-state index is -0.347. The van der Waals surface area contributed by atoms with Crippen molar-refractivity contribution < 1.29 is 14.4 Å². The van der Waals surface area contributed by atoms with Gasteiger partial charge in [0.1, 0.15) is 11.9 Å². The number of amides is 5. The van der Waals surface area contributed by atoms with E-state index in [0.29, 0.717) is 54.3 Å². The zero-order chi connectivity index (χ0) is 39.6. The molecule has 5 amide bonds. The number of pyridine rings is 1. The molecule has 14 heteroatoms. The van der Waals surface area contributed by atoms with E-state index in [1.54, 1.807) is 17.2 Å². The second-order valence-electron chi connectivity index (χ2n) is 16.1. The smallest absolute Gasteiger partial charge is 0.328 e. The lowest BCUT2D eigenvalue weighted by Gasteiger charge is -2.45. The predicted molar refractivity (Wildman–Crippen MR) is 224 cm³/mol. The second kappa shape index (κ2) is 16.6. The van der Waals surface area contributed by atoms with Crippen LogP contribution in [0, 0.1) is 17.2 Å². The van der Waals surface area contributed by atoms with E-state index in [-0.39, 0.29) is 30.1 Å². The van der Waals surface area contributed by atoms with Crippen LogP contribution in [0.1, 0.15) is 64.0 Å². The summed E-state index contributed by atoms with van der Waals surface area (Å²) < 4.78 is 2.38. The number of piperazine rings is 1. The first-order valence-electron chi connectivity index (χ1n) is 20.3. The molecule has 2 atom stereocenters. The molecule has 4 fully saturated rings. The molecular weight excluding hydrogens is 740 g/mol. The van der Waals surface area contributed by atoms with Crippen molar-refractivity contribution >= 4 is 63.4 Å². The van der Waals surface area contributed by atoms with Crippen molar-refractivity contribution in [2.45, 2.75) is 70.5 Å². The number of urea groups is 2. The van der Waals surface area contributed by atoms with Crippen LogP contribution in [0.5, 0.6) is 0 Å². The normalized spacial score (nSPS) is 21.5. The Labute approximate surface area is 339 Å². The number of hydrogen-bond donors (Lipinski definition) is 2. The van der Waals surface area contributed by atoms with E-state index in [4.69, 9.17) is 16.6 Å². The molecule has 4 saturated heterocycles. The highest BCUT2D eigenvalue weighted by molar-refractivity contribution is 6.32. The molecule has 4 aliphatic heterocycles. The summed E-state index contributed by atoms with van der Waals surface area (Å²) in [7, 11) is 0. The van der Waals surface area contributed by atoms with Crippen LogP contribution in [-0.2, 0) is 4.79 Å². The molecule has 0 bridgehead atoms. The zero-order valence-electron chi connectivity index (χ0n) is 32.7. The first kappa shape index (κ1) is 38.5. The minimum Gasteiger partial charge on any atom is -0.365 e. The van der Waals surface area contributed by atoms with E-state index < -0.39 is 0 Å². The van der Waals surface area contributed by atoms with E-state index in [2.05, 4.69) is 61.2 Å². The van der Waals surface area contributed by atoms with Crippen LogP contribution in [-0.4, -0.2) is 102 Å². The quantitative estimate of drug-likeness (QED) is 0.194. The van der Waals surface area contributed by atoms with E-state index in [1.807, 2.05) is 48.2 Å². The topological polar surface area (TPSA) is 133 Å². The van der Waals surface area contributed by atoms with Crippen LogP contribution < -0.4 is 25.3 Å². The fraction of sp³-hybridized carbons (Fsp3) is 0.465. The first-order valence-corrected chi connectivity index (χ1v) is 20.7. The molecular formula is C43H51ClN10O3. The van der Waals surface area contributed by atoms with Crippen molar-refractivity contribution in [1.82, 2.24) is 24.7 Å². The monoisotopic (exact) mass is 790 g/mol. The molecule has 0 saturated carbocycles. The number of nitrogens with zero attached hydrogens (tertiary/aromatic N) is 8. The minimum absolute atomic E-state index is 0.0241. The third-order valence-electron chi connectivity index (χ3n) is 12.5. The number of fused-ring (bicyclic) bond motifs is 1. The van der Waals surface area contributed by atoms with Gasteiger partial charge in [0.25, 0.3) is 0 Å². The Bertz CT molecular complexity index is 2150. The fourth-order valence-corrected chi connectivity index (χ4v) is 9.36. The fourth-order valence-electron chi connectivity index (χ4n) is 9.14. The van der Waals surface area contributed by atoms with Gasteiger partial charge in [-0.1, -0.05) is 17.7 Å². The third kappa shape index (κ3) is 8.25. The summed E-state index contributed by atoms with van der Waals surface area (Å²) in [5.41, 5.74) is 4.08. The lowest BCUT2D eigenvalue weighted by Crippen LogP contribution is -2.59. The van der Waals surface area contributed by atoms with Crippen LogP contribution in [0.25, 0.3) is 10.9 Å². The molecule has 8 rings (SSSR count). The van der Waals surface area contributed by atoms with Gasteiger partial charge < -0.3 is 29.5 Å². The molecule has 2 aromatic heterocycles. The molecule has 4 aromatic rings. The number of nitriles is 1. The van der Waals surface area contributed by atoms with Gasteiger partial charge in [0.15, 0.2) is 0 Å². The number of carbonyl (C=O) groups excluding carboxylic acids is 3. The summed E-state index contributed by atoms with van der Waals surface area (Å²) >= 11 is 6.31. The number of aromatic nitrogens is 2. The molecule has 4 aliphatic rings. The molecule has 13 nitrogen and oxygen atoms in total. The summed E-state index contributed by atoms with van der Waals surface area (Å²) in [6.07, 6.45) is 9.93. The van der Waals surface area contributed by atoms with Crippen LogP contribution in [0.2, 0.25) is 5.02 Å². The van der Waals surface area contributed by atoms with Crippen LogP contribution in [0.15, 0.2) is 67.0 Å². The summed E-state index contributed by atoms with van der Waals surface area (Å²) in [6.45, 7) is 11.0. The molecule has 0 radical (unpaired) electrons. The van der Waals surface area contributed by atoms with E-state index >= 15 is 0 Å². The maximum atomic E-state index is 13.4. The summed E-state index contributed by atoms with van der Waals surface area (Å²) in [4.78, 5) is 53.1. The van der Waals surface area contributed by atoms with Gasteiger partial charge in [-0.25, -0.2) is 14.6 Å². The summed E-state index contributed by atoms with van der Waals surface area (Å²) in [5, 5.41) is 16.2. The van der Waals surface area contributed by atoms with Crippen LogP contribution >= 0.6 is 11.6 Å². The van der Waals surface area contributed by atoms with Crippen molar-refractivity contribution in [1.29, 1.82) is 5.26 Å². The lowest BCUT2D eigenvalue weighted by molar-refractivity contribution is -0.120. The van der Waals surface area contributed by atoms with Gasteiger partial charge in [-0.2, -0.15) is 5.26 Å². The van der Waals surface area contributed by atoms with Gasteiger partial charge in [-0.15, -0.1) is 0 Å². The Balaban J connectivity index is 0.767. The second-order valence-corrected chi connectivity index (χ2v) is 16.5. The number of likely N-dealkylation sites (tertiary alicyclic amines) is 1. The standard InChI is InChI=1S/C43H51ClN10O3/c1-29-28-54(30(2)27-53(29)35-8-6-32(25-45)37(44)24-35)42(56)47-33-7-9-40(46-26-33)50-20-11-31(12-21-50)10-17-49-18-13-34(14-19-49)51-22-15-36-38(51)4-3-5-39(36)52-23-16-41(55)48-43(52)57/h3-9,15,22,24,26,29-31,34H,10-14,16-21,23,27-28H2,1-2H3,(H,47,56)(H,48,55,57)/t29-,30+/m0/s1. The van der Waals surface area contributed by atoms with Gasteiger partial charge in [0.2, 0.25) is 5.91 Å². The maximum Gasteiger partial charge on any atom is 0.328 e. The summed E-state index contributed by atoms with van der Waals surface area (Å²) in [5.74, 6) is 1.43. The van der Waals surface area contributed by atoms with Crippen molar-refractivity contribution in [3.63, 3.8) is 0 Å². The average molecular weight is 791 g/mol. The molecule has 0 aliphatic carbocycles. The van der Waals surface area contributed by atoms with Crippen LogP contribution in [0.3, 0.4) is 0 Å². The molecule has 2 aromatic carbocycles. The van der Waals surface area contributed by atoms with Crippen LogP contribution in [0.4, 0.5) is 32.5 Å². The Morgan fingerprint density at radius 1 is 0.965 bits per heavy atom. The number of benzene rings is 2. The molecule has 0 unspecified atom stereocenters. The van der Waals surface area contributed by atoms with Gasteiger partial charge in [0.05, 0.1) is 33.7 Å². The first-order chi connectivity index (χ1) is 27.6. The lowest BCUT2D eigenvalue weighted by atomic mass is 9.93. The number of rotatable bonds is 8. The number of nitrogens with one attached hydrogen (secondary N) is 2. The maximum absolute atomic E-state index is 13.4. The van der Waals surface area contributed by atoms with Gasteiger partial charge in [0, 0.05) is 87.6 Å². The highest BCUT2D eigenvalue weighted by Crippen LogP contribution is 2.34. The molecule has 57 heavy (non-hydrogen) atoms. The number of imide groups is 1. The van der Waals surface area contributed by atoms with Crippen molar-refractivity contribution in [3.05, 3.63) is 77.6 Å². The Hall–Kier alpha value is -5.32. The average Bonchev–Trinajstić information content (AvgIpc) is 3.66. The molecule has 0 spiro atoms. The van der Waals surface area contributed by atoms with Crippen molar-refractivity contribution in [3.8, 4) is 6.07 Å². The van der Waals surface area contributed by atoms with E-state index in [0.717, 1.165) is 86.5 Å². The van der Waals surface area contributed by atoms with Gasteiger partial charge in [-0.3, -0.25) is 15.0 Å². The van der Waals surface area contributed by atoms with Crippen molar-refractivity contribution in [2.24, 2.45) is 5.92 Å². The number of piperidine rings is 2. The predicted octanol–water partition coefficient (Wildman–Crippen LogP) is 7.08. The number of anilines is 4. The van der Waals surface area contributed by atoms with Gasteiger partial charge >= 0.3 is 12.1 Å². The van der Waals surface area contributed by atoms with E-state index in [9.17, 15) is 19.6 Å². The Kier molecular flexibility index (Phi) is 11.3. The molecule has 298 valence electrons. The Morgan fingerprint density at radius 2 is 1.77 bits per heavy atom. The highest BCUT2D eigenvalue weighted by Gasteiger charge is 2.33. The molecule has 2 N–H and O–H groups in total. The van der Waals surface area contributed by atoms with Gasteiger partial charge in [-0.05, 0) is 107 Å². The Morgan fingerprint density at radius 3 is 2.49 bits per heavy atom.